The van der Waals surface area contributed by atoms with Gasteiger partial charge in [-0.3, -0.25) is 4.79 Å². The average Bonchev–Trinajstić information content (AvgIpc) is 2.55. The SMILES string of the molecule is NS(=O)(=O)CCNC1C(=O)Nc2cccc(Br)c21. The Morgan fingerprint density at radius 1 is 1.44 bits per heavy atom. The van der Waals surface area contributed by atoms with Crippen LogP contribution in [0.1, 0.15) is 11.6 Å². The van der Waals surface area contributed by atoms with E-state index in [1.165, 1.54) is 0 Å². The first kappa shape index (κ1) is 13.5. The van der Waals surface area contributed by atoms with Crippen LogP contribution < -0.4 is 15.8 Å². The van der Waals surface area contributed by atoms with E-state index < -0.39 is 16.1 Å². The Morgan fingerprint density at radius 2 is 2.17 bits per heavy atom. The van der Waals surface area contributed by atoms with Crippen molar-refractivity contribution in [3.63, 3.8) is 0 Å². The second-order valence-corrected chi connectivity index (χ2v) is 6.53. The van der Waals surface area contributed by atoms with Crippen LogP contribution in [0.25, 0.3) is 0 Å². The van der Waals surface area contributed by atoms with E-state index in [1.807, 2.05) is 12.1 Å². The van der Waals surface area contributed by atoms with Crippen LogP contribution in [0.4, 0.5) is 5.69 Å². The van der Waals surface area contributed by atoms with Crippen molar-refractivity contribution < 1.29 is 13.2 Å². The molecule has 0 aliphatic carbocycles. The Labute approximate surface area is 113 Å². The van der Waals surface area contributed by atoms with E-state index >= 15 is 0 Å². The quantitative estimate of drug-likeness (QED) is 0.738. The molecule has 0 saturated heterocycles. The lowest BCUT2D eigenvalue weighted by Crippen LogP contribution is -2.33. The molecule has 0 radical (unpaired) electrons. The first-order valence-corrected chi connectivity index (χ1v) is 7.72. The molecule has 0 fully saturated rings. The summed E-state index contributed by atoms with van der Waals surface area (Å²) in [5.41, 5.74) is 1.51. The Morgan fingerprint density at radius 3 is 2.83 bits per heavy atom. The number of rotatable bonds is 4. The predicted octanol–water partition coefficient (Wildman–Crippen LogP) is 0.320. The zero-order valence-corrected chi connectivity index (χ0v) is 11.7. The highest BCUT2D eigenvalue weighted by atomic mass is 79.9. The van der Waals surface area contributed by atoms with Crippen molar-refractivity contribution in [3.05, 3.63) is 28.2 Å². The van der Waals surface area contributed by atoms with Crippen LogP contribution in [0.3, 0.4) is 0 Å². The summed E-state index contributed by atoms with van der Waals surface area (Å²) in [6.07, 6.45) is 0. The number of anilines is 1. The van der Waals surface area contributed by atoms with Crippen LogP contribution in [0, 0.1) is 0 Å². The minimum atomic E-state index is -3.53. The van der Waals surface area contributed by atoms with Gasteiger partial charge in [-0.25, -0.2) is 13.6 Å². The molecule has 1 heterocycles. The lowest BCUT2D eigenvalue weighted by molar-refractivity contribution is -0.117. The molecule has 4 N–H and O–H groups in total. The summed E-state index contributed by atoms with van der Waals surface area (Å²) < 4.78 is 22.5. The minimum Gasteiger partial charge on any atom is -0.324 e. The Kier molecular flexibility index (Phi) is 3.71. The van der Waals surface area contributed by atoms with E-state index in [1.54, 1.807) is 6.07 Å². The number of carbonyl (C=O) groups excluding carboxylic acids is 1. The van der Waals surface area contributed by atoms with E-state index in [0.717, 1.165) is 15.7 Å². The maximum Gasteiger partial charge on any atom is 0.246 e. The second kappa shape index (κ2) is 4.96. The van der Waals surface area contributed by atoms with Gasteiger partial charge in [0, 0.05) is 22.3 Å². The molecule has 1 aromatic rings. The van der Waals surface area contributed by atoms with Gasteiger partial charge >= 0.3 is 0 Å². The fraction of sp³-hybridized carbons (Fsp3) is 0.300. The number of carbonyl (C=O) groups is 1. The van der Waals surface area contributed by atoms with E-state index in [2.05, 4.69) is 26.6 Å². The van der Waals surface area contributed by atoms with Gasteiger partial charge in [0.1, 0.15) is 6.04 Å². The van der Waals surface area contributed by atoms with Gasteiger partial charge in [-0.1, -0.05) is 22.0 Å². The molecule has 1 aromatic carbocycles. The van der Waals surface area contributed by atoms with Crippen molar-refractivity contribution in [1.82, 2.24) is 5.32 Å². The topological polar surface area (TPSA) is 101 Å². The van der Waals surface area contributed by atoms with E-state index in [0.29, 0.717) is 0 Å². The molecule has 1 aliphatic rings. The number of nitrogens with one attached hydrogen (secondary N) is 2. The maximum absolute atomic E-state index is 11.8. The maximum atomic E-state index is 11.8. The molecule has 6 nitrogen and oxygen atoms in total. The first-order valence-electron chi connectivity index (χ1n) is 5.21. The molecule has 1 unspecified atom stereocenters. The summed E-state index contributed by atoms with van der Waals surface area (Å²) in [6, 6.07) is 4.88. The van der Waals surface area contributed by atoms with Gasteiger partial charge in [-0.05, 0) is 12.1 Å². The smallest absolute Gasteiger partial charge is 0.246 e. The van der Waals surface area contributed by atoms with Crippen LogP contribution in [0.5, 0.6) is 0 Å². The summed E-state index contributed by atoms with van der Waals surface area (Å²) in [7, 11) is -3.53. The molecular formula is C10H12BrN3O3S. The number of halogens is 1. The van der Waals surface area contributed by atoms with Crippen LogP contribution in [0.15, 0.2) is 22.7 Å². The van der Waals surface area contributed by atoms with Gasteiger partial charge in [0.25, 0.3) is 0 Å². The summed E-state index contributed by atoms with van der Waals surface area (Å²) >= 11 is 3.37. The van der Waals surface area contributed by atoms with Crippen molar-refractivity contribution in [2.75, 3.05) is 17.6 Å². The first-order chi connectivity index (χ1) is 8.38. The van der Waals surface area contributed by atoms with Crippen molar-refractivity contribution in [1.29, 1.82) is 0 Å². The van der Waals surface area contributed by atoms with E-state index in [9.17, 15) is 13.2 Å². The molecule has 1 atom stereocenters. The Bertz CT molecular complexity index is 588. The summed E-state index contributed by atoms with van der Waals surface area (Å²) in [5, 5.41) is 10.5. The van der Waals surface area contributed by atoms with Crippen LogP contribution in [-0.2, 0) is 14.8 Å². The third kappa shape index (κ3) is 2.89. The fourth-order valence-electron chi connectivity index (χ4n) is 1.82. The average molecular weight is 334 g/mol. The number of hydrogen-bond acceptors (Lipinski definition) is 4. The van der Waals surface area contributed by atoms with Gasteiger partial charge in [-0.15, -0.1) is 0 Å². The second-order valence-electron chi connectivity index (χ2n) is 3.94. The van der Waals surface area contributed by atoms with E-state index in [-0.39, 0.29) is 18.2 Å². The van der Waals surface area contributed by atoms with Crippen LogP contribution >= 0.6 is 15.9 Å². The molecule has 98 valence electrons. The molecule has 0 spiro atoms. The molecule has 8 heteroatoms. The number of sulfonamides is 1. The molecular weight excluding hydrogens is 322 g/mol. The van der Waals surface area contributed by atoms with Crippen LogP contribution in [-0.4, -0.2) is 26.6 Å². The highest BCUT2D eigenvalue weighted by molar-refractivity contribution is 9.10. The molecule has 0 aromatic heterocycles. The number of benzene rings is 1. The molecule has 2 rings (SSSR count). The third-order valence-corrected chi connectivity index (χ3v) is 4.06. The lowest BCUT2D eigenvalue weighted by atomic mass is 10.1. The van der Waals surface area contributed by atoms with Gasteiger partial charge in [0.2, 0.25) is 15.9 Å². The third-order valence-electron chi connectivity index (χ3n) is 2.60. The monoisotopic (exact) mass is 333 g/mol. The highest BCUT2D eigenvalue weighted by Gasteiger charge is 2.31. The summed E-state index contributed by atoms with van der Waals surface area (Å²) in [6.45, 7) is 0.123. The zero-order valence-electron chi connectivity index (χ0n) is 9.31. The molecule has 1 aliphatic heterocycles. The number of fused-ring (bicyclic) bond motifs is 1. The van der Waals surface area contributed by atoms with Crippen molar-refractivity contribution >= 4 is 37.5 Å². The van der Waals surface area contributed by atoms with Crippen molar-refractivity contribution in [2.45, 2.75) is 6.04 Å². The van der Waals surface area contributed by atoms with Crippen LogP contribution in [0.2, 0.25) is 0 Å². The Hall–Kier alpha value is -0.960. The van der Waals surface area contributed by atoms with Gasteiger partial charge in [-0.2, -0.15) is 0 Å². The van der Waals surface area contributed by atoms with Crippen molar-refractivity contribution in [2.24, 2.45) is 5.14 Å². The summed E-state index contributed by atoms with van der Waals surface area (Å²) in [5.74, 6) is -0.414. The standard InChI is InChI=1S/C10H12BrN3O3S/c11-6-2-1-3-7-8(6)9(10(15)14-7)13-4-5-18(12,16)17/h1-3,9,13H,4-5H2,(H,14,15)(H2,12,16,17). The largest absolute Gasteiger partial charge is 0.324 e. The number of hydrogen-bond donors (Lipinski definition) is 3. The Balaban J connectivity index is 2.13. The summed E-state index contributed by atoms with van der Waals surface area (Å²) in [4.78, 5) is 11.8. The molecule has 0 saturated carbocycles. The predicted molar refractivity (Wildman–Crippen MR) is 71.5 cm³/mol. The number of primary sulfonamides is 1. The van der Waals surface area contributed by atoms with Gasteiger partial charge in [0.05, 0.1) is 5.75 Å². The minimum absolute atomic E-state index is 0.123. The highest BCUT2D eigenvalue weighted by Crippen LogP contribution is 2.36. The number of nitrogens with two attached hydrogens (primary N) is 1. The fourth-order valence-corrected chi connectivity index (χ4v) is 2.81. The van der Waals surface area contributed by atoms with Gasteiger partial charge in [0.15, 0.2) is 0 Å². The lowest BCUT2D eigenvalue weighted by Gasteiger charge is -2.12. The normalized spacial score (nSPS) is 18.6. The van der Waals surface area contributed by atoms with Crippen molar-refractivity contribution in [3.8, 4) is 0 Å². The zero-order chi connectivity index (χ0) is 13.3. The van der Waals surface area contributed by atoms with Gasteiger partial charge < -0.3 is 10.6 Å². The molecule has 0 bridgehead atoms. The van der Waals surface area contributed by atoms with E-state index in [4.69, 9.17) is 5.14 Å². The number of amides is 1. The molecule has 1 amide bonds. The molecule has 18 heavy (non-hydrogen) atoms.